The lowest BCUT2D eigenvalue weighted by Crippen LogP contribution is -2.20. The fourth-order valence-corrected chi connectivity index (χ4v) is 1.73. The Kier molecular flexibility index (Phi) is 5.06. The van der Waals surface area contributed by atoms with Crippen molar-refractivity contribution in [2.24, 2.45) is 0 Å². The summed E-state index contributed by atoms with van der Waals surface area (Å²) in [5.74, 6) is 0. The third kappa shape index (κ3) is 4.18. The number of hydrogen-bond acceptors (Lipinski definition) is 1. The first-order chi connectivity index (χ1) is 7.13. The molecule has 1 atom stereocenters. The van der Waals surface area contributed by atoms with Crippen molar-refractivity contribution < 1.29 is 0 Å². The van der Waals surface area contributed by atoms with Crippen LogP contribution in [0.2, 0.25) is 0 Å². The van der Waals surface area contributed by atoms with Gasteiger partial charge < -0.3 is 5.32 Å². The maximum Gasteiger partial charge on any atom is 0.0295 e. The van der Waals surface area contributed by atoms with E-state index >= 15 is 0 Å². The van der Waals surface area contributed by atoms with Crippen molar-refractivity contribution in [3.63, 3.8) is 0 Å². The van der Waals surface area contributed by atoms with Gasteiger partial charge in [0.15, 0.2) is 0 Å². The van der Waals surface area contributed by atoms with Crippen molar-refractivity contribution in [3.05, 3.63) is 46.5 Å². The lowest BCUT2D eigenvalue weighted by Gasteiger charge is -2.15. The normalized spacial score (nSPS) is 12.5. The predicted octanol–water partition coefficient (Wildman–Crippen LogP) is 4.07. The Morgan fingerprint density at radius 3 is 2.87 bits per heavy atom. The maximum absolute atomic E-state index is 3.98. The third-order valence-corrected chi connectivity index (χ3v) is 3.00. The van der Waals surface area contributed by atoms with E-state index in [4.69, 9.17) is 0 Å². The second kappa shape index (κ2) is 6.09. The van der Waals surface area contributed by atoms with Crippen LogP contribution in [0.4, 0.5) is 0 Å². The maximum atomic E-state index is 3.98. The van der Waals surface area contributed by atoms with Gasteiger partial charge in [0.2, 0.25) is 0 Å². The molecule has 82 valence electrons. The van der Waals surface area contributed by atoms with Gasteiger partial charge in [0.25, 0.3) is 0 Å². The molecule has 0 aliphatic rings. The molecule has 0 amide bonds. The summed E-state index contributed by atoms with van der Waals surface area (Å²) in [6.07, 6.45) is 1.04. The Balaban J connectivity index is 2.53. The minimum atomic E-state index is 0.366. The quantitative estimate of drug-likeness (QED) is 0.794. The van der Waals surface area contributed by atoms with E-state index in [0.717, 1.165) is 17.4 Å². The summed E-state index contributed by atoms with van der Waals surface area (Å²) in [4.78, 5) is 0. The molecule has 1 aromatic carbocycles. The van der Waals surface area contributed by atoms with E-state index in [-0.39, 0.29) is 0 Å². The number of rotatable bonds is 5. The first-order valence-electron chi connectivity index (χ1n) is 5.29. The average Bonchev–Trinajstić information content (AvgIpc) is 2.25. The largest absolute Gasteiger partial charge is 0.306 e. The molecule has 0 fully saturated rings. The fourth-order valence-electron chi connectivity index (χ4n) is 1.32. The van der Waals surface area contributed by atoms with Crippen molar-refractivity contribution in [1.82, 2.24) is 5.32 Å². The van der Waals surface area contributed by atoms with Crippen molar-refractivity contribution >= 4 is 15.9 Å². The van der Waals surface area contributed by atoms with Crippen LogP contribution in [0.5, 0.6) is 0 Å². The van der Waals surface area contributed by atoms with Gasteiger partial charge in [0, 0.05) is 17.1 Å². The molecule has 0 aliphatic carbocycles. The van der Waals surface area contributed by atoms with Crippen molar-refractivity contribution in [3.8, 4) is 0 Å². The summed E-state index contributed by atoms with van der Waals surface area (Å²) >= 11 is 3.48. The molecule has 0 saturated heterocycles. The Labute approximate surface area is 101 Å². The molecule has 1 rings (SSSR count). The van der Waals surface area contributed by atoms with E-state index in [2.05, 4.69) is 59.9 Å². The molecule has 0 radical (unpaired) electrons. The van der Waals surface area contributed by atoms with Gasteiger partial charge in [-0.25, -0.2) is 0 Å². The summed E-state index contributed by atoms with van der Waals surface area (Å²) in [6.45, 7) is 9.18. The Morgan fingerprint density at radius 1 is 1.53 bits per heavy atom. The van der Waals surface area contributed by atoms with E-state index in [1.165, 1.54) is 11.1 Å². The molecule has 1 nitrogen and oxygen atoms in total. The molecule has 0 heterocycles. The van der Waals surface area contributed by atoms with Gasteiger partial charge in [-0.1, -0.05) is 47.1 Å². The highest BCUT2D eigenvalue weighted by molar-refractivity contribution is 9.10. The zero-order valence-electron chi connectivity index (χ0n) is 9.39. The predicted molar refractivity (Wildman–Crippen MR) is 70.0 cm³/mol. The molecule has 1 aromatic rings. The number of halogens is 1. The highest BCUT2D eigenvalue weighted by atomic mass is 79.9. The number of hydrogen-bond donors (Lipinski definition) is 1. The SMILES string of the molecule is C=C(CC)CNC(C)c1cccc(Br)c1. The number of nitrogens with one attached hydrogen (secondary N) is 1. The second-order valence-electron chi connectivity index (χ2n) is 3.76. The first kappa shape index (κ1) is 12.5. The molecular formula is C13H18BrN. The van der Waals surface area contributed by atoms with Gasteiger partial charge >= 0.3 is 0 Å². The van der Waals surface area contributed by atoms with Gasteiger partial charge in [0.1, 0.15) is 0 Å². The highest BCUT2D eigenvalue weighted by Crippen LogP contribution is 2.17. The van der Waals surface area contributed by atoms with Crippen LogP contribution >= 0.6 is 15.9 Å². The lowest BCUT2D eigenvalue weighted by atomic mass is 10.1. The summed E-state index contributed by atoms with van der Waals surface area (Å²) in [5.41, 5.74) is 2.55. The molecule has 1 N–H and O–H groups in total. The summed E-state index contributed by atoms with van der Waals surface area (Å²) in [6, 6.07) is 8.75. The molecule has 0 saturated carbocycles. The van der Waals surface area contributed by atoms with Gasteiger partial charge in [-0.15, -0.1) is 0 Å². The fraction of sp³-hybridized carbons (Fsp3) is 0.385. The van der Waals surface area contributed by atoms with Gasteiger partial charge in [-0.05, 0) is 31.0 Å². The van der Waals surface area contributed by atoms with Gasteiger partial charge in [0.05, 0.1) is 0 Å². The lowest BCUT2D eigenvalue weighted by molar-refractivity contribution is 0.601. The van der Waals surface area contributed by atoms with Crippen LogP contribution in [0.1, 0.15) is 31.9 Å². The molecule has 0 spiro atoms. The van der Waals surface area contributed by atoms with Crippen LogP contribution in [0.15, 0.2) is 40.9 Å². The van der Waals surface area contributed by atoms with E-state index < -0.39 is 0 Å². The van der Waals surface area contributed by atoms with Crippen LogP contribution in [0.3, 0.4) is 0 Å². The molecule has 15 heavy (non-hydrogen) atoms. The number of benzene rings is 1. The van der Waals surface area contributed by atoms with E-state index in [1.54, 1.807) is 0 Å². The van der Waals surface area contributed by atoms with Crippen molar-refractivity contribution in [2.45, 2.75) is 26.3 Å². The van der Waals surface area contributed by atoms with Crippen LogP contribution in [-0.4, -0.2) is 6.54 Å². The Bertz CT molecular complexity index is 333. The van der Waals surface area contributed by atoms with Crippen molar-refractivity contribution in [2.75, 3.05) is 6.54 Å². The molecule has 0 aliphatic heterocycles. The first-order valence-corrected chi connectivity index (χ1v) is 6.08. The average molecular weight is 268 g/mol. The van der Waals surface area contributed by atoms with Crippen LogP contribution in [-0.2, 0) is 0 Å². The third-order valence-electron chi connectivity index (χ3n) is 2.51. The van der Waals surface area contributed by atoms with E-state index in [0.29, 0.717) is 6.04 Å². The Morgan fingerprint density at radius 2 is 2.27 bits per heavy atom. The van der Waals surface area contributed by atoms with Crippen molar-refractivity contribution in [1.29, 1.82) is 0 Å². The summed E-state index contributed by atoms with van der Waals surface area (Å²) in [5, 5.41) is 3.46. The van der Waals surface area contributed by atoms with Crippen LogP contribution < -0.4 is 5.32 Å². The molecule has 0 aromatic heterocycles. The topological polar surface area (TPSA) is 12.0 Å². The monoisotopic (exact) mass is 267 g/mol. The standard InChI is InChI=1S/C13H18BrN/c1-4-10(2)9-15-11(3)12-6-5-7-13(14)8-12/h5-8,11,15H,2,4,9H2,1,3H3. The van der Waals surface area contributed by atoms with Gasteiger partial charge in [-0.3, -0.25) is 0 Å². The van der Waals surface area contributed by atoms with E-state index in [1.807, 2.05) is 6.07 Å². The van der Waals surface area contributed by atoms with Crippen LogP contribution in [0, 0.1) is 0 Å². The molecule has 1 unspecified atom stereocenters. The van der Waals surface area contributed by atoms with Crippen LogP contribution in [0.25, 0.3) is 0 Å². The van der Waals surface area contributed by atoms with Gasteiger partial charge in [-0.2, -0.15) is 0 Å². The second-order valence-corrected chi connectivity index (χ2v) is 4.68. The molecule has 0 bridgehead atoms. The zero-order valence-corrected chi connectivity index (χ0v) is 11.0. The minimum Gasteiger partial charge on any atom is -0.306 e. The molecular weight excluding hydrogens is 250 g/mol. The summed E-state index contributed by atoms with van der Waals surface area (Å²) < 4.78 is 1.13. The Hall–Kier alpha value is -0.600. The smallest absolute Gasteiger partial charge is 0.0295 e. The summed E-state index contributed by atoms with van der Waals surface area (Å²) in [7, 11) is 0. The zero-order chi connectivity index (χ0) is 11.3. The minimum absolute atomic E-state index is 0.366. The molecule has 2 heteroatoms. The highest BCUT2D eigenvalue weighted by Gasteiger charge is 2.04. The van der Waals surface area contributed by atoms with E-state index in [9.17, 15) is 0 Å².